The first-order valence-electron chi connectivity index (χ1n) is 4.37. The van der Waals surface area contributed by atoms with Crippen LogP contribution in [0.1, 0.15) is 20.3 Å². The van der Waals surface area contributed by atoms with Gasteiger partial charge in [0.2, 0.25) is 0 Å². The Morgan fingerprint density at radius 1 is 1.29 bits per heavy atom. The second-order valence-corrected chi connectivity index (χ2v) is 2.44. The number of carbonyl (C=O) groups is 2. The molecule has 6 heteroatoms. The molecule has 0 aromatic heterocycles. The van der Waals surface area contributed by atoms with Crippen molar-refractivity contribution < 1.29 is 24.3 Å². The Morgan fingerprint density at radius 3 is 2.29 bits per heavy atom. The van der Waals surface area contributed by atoms with E-state index < -0.39 is 18.0 Å². The number of rotatable bonds is 6. The largest absolute Gasteiger partial charge is 0.466 e. The number of hydroxylamine groups is 1. The van der Waals surface area contributed by atoms with Gasteiger partial charge >= 0.3 is 11.9 Å². The van der Waals surface area contributed by atoms with Gasteiger partial charge in [-0.1, -0.05) is 0 Å². The number of hydrogen-bond donors (Lipinski definition) is 2. The minimum Gasteiger partial charge on any atom is -0.466 e. The van der Waals surface area contributed by atoms with Crippen molar-refractivity contribution in [2.24, 2.45) is 0 Å². The van der Waals surface area contributed by atoms with E-state index in [9.17, 15) is 9.59 Å². The third-order valence-electron chi connectivity index (χ3n) is 1.40. The van der Waals surface area contributed by atoms with Crippen molar-refractivity contribution in [3.8, 4) is 0 Å². The Labute approximate surface area is 82.1 Å². The highest BCUT2D eigenvalue weighted by molar-refractivity contribution is 5.82. The van der Waals surface area contributed by atoms with Gasteiger partial charge in [0.05, 0.1) is 19.6 Å². The van der Waals surface area contributed by atoms with Gasteiger partial charge in [-0.05, 0) is 13.8 Å². The average Bonchev–Trinajstić information content (AvgIpc) is 2.15. The van der Waals surface area contributed by atoms with E-state index in [4.69, 9.17) is 5.21 Å². The Balaban J connectivity index is 4.01. The number of ether oxygens (including phenoxy) is 2. The van der Waals surface area contributed by atoms with Crippen molar-refractivity contribution in [2.45, 2.75) is 26.3 Å². The van der Waals surface area contributed by atoms with Crippen molar-refractivity contribution in [1.29, 1.82) is 0 Å². The summed E-state index contributed by atoms with van der Waals surface area (Å²) in [4.78, 5) is 22.0. The molecule has 0 unspecified atom stereocenters. The Bertz CT molecular complexity index is 194. The zero-order chi connectivity index (χ0) is 11.0. The summed E-state index contributed by atoms with van der Waals surface area (Å²) in [7, 11) is 0. The van der Waals surface area contributed by atoms with E-state index in [-0.39, 0.29) is 19.6 Å². The Kier molecular flexibility index (Phi) is 6.69. The van der Waals surface area contributed by atoms with Crippen LogP contribution in [-0.4, -0.2) is 36.4 Å². The van der Waals surface area contributed by atoms with Gasteiger partial charge in [-0.3, -0.25) is 9.59 Å². The molecule has 0 saturated heterocycles. The van der Waals surface area contributed by atoms with Gasteiger partial charge in [-0.2, -0.15) is 5.48 Å². The number of carbonyl (C=O) groups excluding carboxylic acids is 2. The Hall–Kier alpha value is -1.14. The second-order valence-electron chi connectivity index (χ2n) is 2.44. The fourth-order valence-corrected chi connectivity index (χ4v) is 0.811. The van der Waals surface area contributed by atoms with Crippen molar-refractivity contribution in [3.63, 3.8) is 0 Å². The van der Waals surface area contributed by atoms with Crippen LogP contribution >= 0.6 is 0 Å². The molecule has 0 spiro atoms. The zero-order valence-electron chi connectivity index (χ0n) is 8.28. The monoisotopic (exact) mass is 205 g/mol. The van der Waals surface area contributed by atoms with Crippen LogP contribution in [0.5, 0.6) is 0 Å². The molecular weight excluding hydrogens is 190 g/mol. The third-order valence-corrected chi connectivity index (χ3v) is 1.40. The van der Waals surface area contributed by atoms with Crippen LogP contribution in [0.25, 0.3) is 0 Å². The fourth-order valence-electron chi connectivity index (χ4n) is 0.811. The van der Waals surface area contributed by atoms with Crippen LogP contribution in [0.2, 0.25) is 0 Å². The predicted molar refractivity (Wildman–Crippen MR) is 46.6 cm³/mol. The second kappa shape index (κ2) is 7.28. The highest BCUT2D eigenvalue weighted by atomic mass is 16.5. The van der Waals surface area contributed by atoms with Crippen LogP contribution in [-0.2, 0) is 19.1 Å². The molecular formula is C8H15NO5. The van der Waals surface area contributed by atoms with Crippen molar-refractivity contribution in [3.05, 3.63) is 0 Å². The molecule has 82 valence electrons. The summed E-state index contributed by atoms with van der Waals surface area (Å²) in [5, 5.41) is 8.58. The van der Waals surface area contributed by atoms with E-state index in [1.54, 1.807) is 19.3 Å². The van der Waals surface area contributed by atoms with Crippen molar-refractivity contribution >= 4 is 11.9 Å². The summed E-state index contributed by atoms with van der Waals surface area (Å²) in [5.41, 5.74) is 1.70. The molecule has 1 atom stereocenters. The SMILES string of the molecule is CCOC(=O)C[C@H](NO)C(=O)OCC. The van der Waals surface area contributed by atoms with Gasteiger partial charge in [0.15, 0.2) is 0 Å². The van der Waals surface area contributed by atoms with Crippen LogP contribution in [0.3, 0.4) is 0 Å². The van der Waals surface area contributed by atoms with E-state index in [1.165, 1.54) is 0 Å². The fraction of sp³-hybridized carbons (Fsp3) is 0.750. The van der Waals surface area contributed by atoms with Gasteiger partial charge in [0.1, 0.15) is 6.04 Å². The molecule has 6 nitrogen and oxygen atoms in total. The zero-order valence-corrected chi connectivity index (χ0v) is 8.28. The third kappa shape index (κ3) is 4.78. The Morgan fingerprint density at radius 2 is 1.86 bits per heavy atom. The molecule has 0 aliphatic heterocycles. The first kappa shape index (κ1) is 12.9. The van der Waals surface area contributed by atoms with Gasteiger partial charge in [-0.15, -0.1) is 0 Å². The number of nitrogens with one attached hydrogen (secondary N) is 1. The van der Waals surface area contributed by atoms with Gasteiger partial charge in [-0.25, -0.2) is 0 Å². The lowest BCUT2D eigenvalue weighted by Gasteiger charge is -2.12. The highest BCUT2D eigenvalue weighted by Crippen LogP contribution is 1.97. The highest BCUT2D eigenvalue weighted by Gasteiger charge is 2.22. The maximum atomic E-state index is 11.1. The molecule has 0 aromatic carbocycles. The summed E-state index contributed by atoms with van der Waals surface area (Å²) >= 11 is 0. The molecule has 0 rings (SSSR count). The van der Waals surface area contributed by atoms with Gasteiger partial charge < -0.3 is 14.7 Å². The van der Waals surface area contributed by atoms with Crippen LogP contribution in [0.4, 0.5) is 0 Å². The lowest BCUT2D eigenvalue weighted by molar-refractivity contribution is -0.155. The lowest BCUT2D eigenvalue weighted by atomic mass is 10.2. The summed E-state index contributed by atoms with van der Waals surface area (Å²) < 4.78 is 9.21. The summed E-state index contributed by atoms with van der Waals surface area (Å²) in [6.45, 7) is 3.72. The first-order chi connectivity index (χ1) is 6.65. The molecule has 0 aliphatic carbocycles. The maximum absolute atomic E-state index is 11.1. The van der Waals surface area contributed by atoms with E-state index in [2.05, 4.69) is 9.47 Å². The van der Waals surface area contributed by atoms with E-state index >= 15 is 0 Å². The minimum absolute atomic E-state index is 0.194. The minimum atomic E-state index is -1.06. The van der Waals surface area contributed by atoms with Crippen molar-refractivity contribution in [2.75, 3.05) is 13.2 Å². The van der Waals surface area contributed by atoms with Gasteiger partial charge in [0, 0.05) is 0 Å². The summed E-state index contributed by atoms with van der Waals surface area (Å²) in [6, 6.07) is -1.06. The smallest absolute Gasteiger partial charge is 0.326 e. The first-order valence-corrected chi connectivity index (χ1v) is 4.37. The van der Waals surface area contributed by atoms with Crippen LogP contribution in [0, 0.1) is 0 Å². The van der Waals surface area contributed by atoms with Crippen molar-refractivity contribution in [1.82, 2.24) is 5.48 Å². The summed E-state index contributed by atoms with van der Waals surface area (Å²) in [6.07, 6.45) is -0.247. The molecule has 0 bridgehead atoms. The molecule has 0 amide bonds. The molecule has 0 radical (unpaired) electrons. The van der Waals surface area contributed by atoms with Crippen LogP contribution < -0.4 is 5.48 Å². The van der Waals surface area contributed by atoms with E-state index in [0.717, 1.165) is 0 Å². The average molecular weight is 205 g/mol. The quantitative estimate of drug-likeness (QED) is 0.463. The summed E-state index contributed by atoms with van der Waals surface area (Å²) in [5.74, 6) is -1.24. The van der Waals surface area contributed by atoms with E-state index in [0.29, 0.717) is 0 Å². The van der Waals surface area contributed by atoms with Crippen LogP contribution in [0.15, 0.2) is 0 Å². The normalized spacial score (nSPS) is 11.9. The molecule has 0 fully saturated rings. The predicted octanol–water partition coefficient (Wildman–Crippen LogP) is -0.150. The number of esters is 2. The topological polar surface area (TPSA) is 84.9 Å². The lowest BCUT2D eigenvalue weighted by Crippen LogP contribution is -2.38. The molecule has 0 aliphatic rings. The standard InChI is InChI=1S/C8H15NO5/c1-3-13-7(10)5-6(9-12)8(11)14-4-2/h6,9,12H,3-5H2,1-2H3/t6-/m0/s1. The molecule has 0 heterocycles. The molecule has 2 N–H and O–H groups in total. The van der Waals surface area contributed by atoms with E-state index in [1.807, 2.05) is 0 Å². The molecule has 0 saturated carbocycles. The maximum Gasteiger partial charge on any atom is 0.326 e. The molecule has 14 heavy (non-hydrogen) atoms. The molecule has 0 aromatic rings. The van der Waals surface area contributed by atoms with Gasteiger partial charge in [0.25, 0.3) is 0 Å². The number of hydrogen-bond acceptors (Lipinski definition) is 6.